The van der Waals surface area contributed by atoms with E-state index in [1.807, 2.05) is 55.6 Å². The molecule has 30 heavy (non-hydrogen) atoms. The molecular weight excluding hydrogens is 398 g/mol. The van der Waals surface area contributed by atoms with Gasteiger partial charge in [0.2, 0.25) is 11.9 Å². The molecule has 1 fully saturated rings. The molecule has 0 atom stereocenters. The van der Waals surface area contributed by atoms with Crippen molar-refractivity contribution in [2.75, 3.05) is 49.5 Å². The molecular formula is C21H25N7OS. The van der Waals surface area contributed by atoms with Gasteiger partial charge in [-0.15, -0.1) is 11.3 Å². The summed E-state index contributed by atoms with van der Waals surface area (Å²) in [5.41, 5.74) is 1.09. The van der Waals surface area contributed by atoms with Crippen LogP contribution in [0, 0.1) is 6.92 Å². The van der Waals surface area contributed by atoms with E-state index in [0.29, 0.717) is 24.3 Å². The molecule has 1 saturated heterocycles. The molecule has 0 spiro atoms. The lowest BCUT2D eigenvalue weighted by molar-refractivity contribution is 0.188. The highest BCUT2D eigenvalue weighted by molar-refractivity contribution is 7.15. The molecule has 156 valence electrons. The molecule has 1 aromatic carbocycles. The van der Waals surface area contributed by atoms with Gasteiger partial charge in [-0.1, -0.05) is 36.4 Å². The SMILES string of the molecule is Cc1cnc(Nc2nc(/C=C/c3ccccc3)nc(N3CCN(CCO)CC3)n2)s1. The fraction of sp³-hybridized carbons (Fsp3) is 0.333. The van der Waals surface area contributed by atoms with Gasteiger partial charge in [0, 0.05) is 43.8 Å². The lowest BCUT2D eigenvalue weighted by Gasteiger charge is -2.34. The number of aliphatic hydroxyl groups is 1. The Labute approximate surface area is 180 Å². The number of β-amino-alcohol motifs (C(OH)–C–C–N with tert-alkyl or cyclic N) is 1. The van der Waals surface area contributed by atoms with Gasteiger partial charge in [0.25, 0.3) is 0 Å². The van der Waals surface area contributed by atoms with E-state index in [2.05, 4.69) is 35.1 Å². The highest BCUT2D eigenvalue weighted by atomic mass is 32.1. The average molecular weight is 424 g/mol. The fourth-order valence-electron chi connectivity index (χ4n) is 3.21. The van der Waals surface area contributed by atoms with Crippen LogP contribution >= 0.6 is 11.3 Å². The molecule has 1 aliphatic rings. The zero-order chi connectivity index (χ0) is 20.8. The molecule has 1 aliphatic heterocycles. The first-order valence-corrected chi connectivity index (χ1v) is 10.8. The van der Waals surface area contributed by atoms with Gasteiger partial charge in [0.05, 0.1) is 6.61 Å². The Morgan fingerprint density at radius 2 is 1.87 bits per heavy atom. The standard InChI is InChI=1S/C21H25N7OS/c1-16-15-22-21(30-16)26-19-23-18(8-7-17-5-3-2-4-6-17)24-20(25-19)28-11-9-27(10-12-28)13-14-29/h2-8,15,29H,9-14H2,1H3,(H,22,23,24,25,26)/b8-7+. The Balaban J connectivity index is 1.58. The van der Waals surface area contributed by atoms with E-state index in [1.165, 1.54) is 0 Å². The zero-order valence-electron chi connectivity index (χ0n) is 16.9. The number of nitrogens with one attached hydrogen (secondary N) is 1. The Bertz CT molecular complexity index is 984. The molecule has 0 amide bonds. The Kier molecular flexibility index (Phi) is 6.63. The van der Waals surface area contributed by atoms with Crippen LogP contribution in [-0.2, 0) is 0 Å². The molecule has 0 radical (unpaired) electrons. The van der Waals surface area contributed by atoms with Crippen molar-refractivity contribution in [3.8, 4) is 0 Å². The maximum Gasteiger partial charge on any atom is 0.234 e. The summed E-state index contributed by atoms with van der Waals surface area (Å²) in [5.74, 6) is 1.73. The highest BCUT2D eigenvalue weighted by Gasteiger charge is 2.20. The smallest absolute Gasteiger partial charge is 0.234 e. The minimum absolute atomic E-state index is 0.182. The lowest BCUT2D eigenvalue weighted by atomic mass is 10.2. The second-order valence-electron chi connectivity index (χ2n) is 7.01. The number of nitrogens with zero attached hydrogens (tertiary/aromatic N) is 6. The van der Waals surface area contributed by atoms with Crippen molar-refractivity contribution in [3.63, 3.8) is 0 Å². The average Bonchev–Trinajstić information content (AvgIpc) is 3.18. The Morgan fingerprint density at radius 3 is 2.57 bits per heavy atom. The molecule has 2 aromatic heterocycles. The van der Waals surface area contributed by atoms with E-state index in [4.69, 9.17) is 5.11 Å². The van der Waals surface area contributed by atoms with Crippen LogP contribution in [0.4, 0.5) is 17.0 Å². The first-order valence-electron chi connectivity index (χ1n) is 9.96. The minimum atomic E-state index is 0.182. The van der Waals surface area contributed by atoms with Crippen molar-refractivity contribution in [2.45, 2.75) is 6.92 Å². The predicted octanol–water partition coefficient (Wildman–Crippen LogP) is 2.66. The summed E-state index contributed by atoms with van der Waals surface area (Å²) in [6, 6.07) is 10.1. The van der Waals surface area contributed by atoms with Crippen molar-refractivity contribution in [3.05, 3.63) is 52.8 Å². The molecule has 0 saturated carbocycles. The Hall–Kier alpha value is -2.88. The van der Waals surface area contributed by atoms with Crippen molar-refractivity contribution in [1.29, 1.82) is 0 Å². The third-order valence-electron chi connectivity index (χ3n) is 4.78. The quantitative estimate of drug-likeness (QED) is 0.599. The summed E-state index contributed by atoms with van der Waals surface area (Å²) in [6.07, 6.45) is 5.72. The number of aromatic nitrogens is 4. The molecule has 0 bridgehead atoms. The van der Waals surface area contributed by atoms with Crippen LogP contribution in [0.5, 0.6) is 0 Å². The van der Waals surface area contributed by atoms with Crippen LogP contribution in [0.1, 0.15) is 16.3 Å². The van der Waals surface area contributed by atoms with Crippen LogP contribution in [0.2, 0.25) is 0 Å². The van der Waals surface area contributed by atoms with Gasteiger partial charge in [0.15, 0.2) is 11.0 Å². The summed E-state index contributed by atoms with van der Waals surface area (Å²) in [7, 11) is 0. The molecule has 2 N–H and O–H groups in total. The van der Waals surface area contributed by atoms with Crippen molar-refractivity contribution in [1.82, 2.24) is 24.8 Å². The Morgan fingerprint density at radius 1 is 1.07 bits per heavy atom. The van der Waals surface area contributed by atoms with Gasteiger partial charge in [-0.3, -0.25) is 10.2 Å². The number of thiazole rings is 1. The fourth-order valence-corrected chi connectivity index (χ4v) is 3.87. The number of rotatable bonds is 7. The molecule has 3 heterocycles. The number of aliphatic hydroxyl groups excluding tert-OH is 1. The van der Waals surface area contributed by atoms with Gasteiger partial charge >= 0.3 is 0 Å². The van der Waals surface area contributed by atoms with Gasteiger partial charge in [-0.05, 0) is 18.6 Å². The number of benzene rings is 1. The second-order valence-corrected chi connectivity index (χ2v) is 8.25. The molecule has 0 aliphatic carbocycles. The van der Waals surface area contributed by atoms with Crippen LogP contribution in [0.25, 0.3) is 12.2 Å². The number of piperazine rings is 1. The van der Waals surface area contributed by atoms with E-state index in [9.17, 15) is 0 Å². The van der Waals surface area contributed by atoms with E-state index in [0.717, 1.165) is 41.8 Å². The topological polar surface area (TPSA) is 90.3 Å². The first-order chi connectivity index (χ1) is 14.7. The largest absolute Gasteiger partial charge is 0.395 e. The maximum atomic E-state index is 9.16. The molecule has 0 unspecified atom stereocenters. The maximum absolute atomic E-state index is 9.16. The van der Waals surface area contributed by atoms with Crippen molar-refractivity contribution in [2.24, 2.45) is 0 Å². The third-order valence-corrected chi connectivity index (χ3v) is 5.60. The monoisotopic (exact) mass is 423 g/mol. The van der Waals surface area contributed by atoms with Crippen LogP contribution in [0.3, 0.4) is 0 Å². The second kappa shape index (κ2) is 9.75. The van der Waals surface area contributed by atoms with E-state index in [1.54, 1.807) is 11.3 Å². The van der Waals surface area contributed by atoms with Crippen LogP contribution in [0.15, 0.2) is 36.5 Å². The summed E-state index contributed by atoms with van der Waals surface area (Å²) >= 11 is 1.56. The summed E-state index contributed by atoms with van der Waals surface area (Å²) < 4.78 is 0. The first kappa shape index (κ1) is 20.4. The number of aryl methyl sites for hydroxylation is 1. The lowest BCUT2D eigenvalue weighted by Crippen LogP contribution is -2.47. The van der Waals surface area contributed by atoms with Gasteiger partial charge in [0.1, 0.15) is 0 Å². The molecule has 8 nitrogen and oxygen atoms in total. The van der Waals surface area contributed by atoms with E-state index < -0.39 is 0 Å². The highest BCUT2D eigenvalue weighted by Crippen LogP contribution is 2.22. The molecule has 4 rings (SSSR count). The normalized spacial score (nSPS) is 15.1. The zero-order valence-corrected chi connectivity index (χ0v) is 17.7. The van der Waals surface area contributed by atoms with Crippen molar-refractivity contribution >= 4 is 40.5 Å². The predicted molar refractivity (Wildman–Crippen MR) is 121 cm³/mol. The van der Waals surface area contributed by atoms with E-state index in [-0.39, 0.29) is 6.61 Å². The van der Waals surface area contributed by atoms with Gasteiger partial charge in [-0.25, -0.2) is 4.98 Å². The summed E-state index contributed by atoms with van der Waals surface area (Å²) in [5, 5.41) is 13.1. The van der Waals surface area contributed by atoms with Crippen LogP contribution in [-0.4, -0.2) is 69.3 Å². The number of anilines is 3. The van der Waals surface area contributed by atoms with Crippen molar-refractivity contribution < 1.29 is 5.11 Å². The number of hydrogen-bond donors (Lipinski definition) is 2. The van der Waals surface area contributed by atoms with Crippen LogP contribution < -0.4 is 10.2 Å². The minimum Gasteiger partial charge on any atom is -0.395 e. The van der Waals surface area contributed by atoms with E-state index >= 15 is 0 Å². The third kappa shape index (κ3) is 5.38. The summed E-state index contributed by atoms with van der Waals surface area (Å²) in [4.78, 5) is 23.8. The molecule has 9 heteroatoms. The number of hydrogen-bond acceptors (Lipinski definition) is 9. The van der Waals surface area contributed by atoms with Gasteiger partial charge in [-0.2, -0.15) is 15.0 Å². The molecule has 3 aromatic rings. The van der Waals surface area contributed by atoms with Gasteiger partial charge < -0.3 is 10.0 Å². The summed E-state index contributed by atoms with van der Waals surface area (Å²) in [6.45, 7) is 6.25.